The molecule has 0 aliphatic carbocycles. The van der Waals surface area contributed by atoms with Crippen LogP contribution in [0.1, 0.15) is 45.4 Å². The van der Waals surface area contributed by atoms with Crippen molar-refractivity contribution in [3.05, 3.63) is 0 Å². The number of hydrogen-bond acceptors (Lipinski definition) is 4. The van der Waals surface area contributed by atoms with Gasteiger partial charge in [-0.15, -0.1) is 12.4 Å². The second-order valence-corrected chi connectivity index (χ2v) is 5.73. The highest BCUT2D eigenvalue weighted by atomic mass is 35.5. The fourth-order valence-electron chi connectivity index (χ4n) is 3.19. The van der Waals surface area contributed by atoms with E-state index in [1.165, 1.54) is 38.5 Å². The standard InChI is InChI=1S/C15H28N2O2.ClH/c1-2-19-15(18)14(17-11-7-4-8-12-17)13-16-9-5-3-6-10-16;/h14H,2-13H2,1H3;1H. The maximum Gasteiger partial charge on any atom is 0.324 e. The molecule has 1 unspecified atom stereocenters. The number of esters is 1. The number of piperidine rings is 2. The quantitative estimate of drug-likeness (QED) is 0.730. The van der Waals surface area contributed by atoms with E-state index in [1.807, 2.05) is 6.92 Å². The van der Waals surface area contributed by atoms with E-state index in [1.54, 1.807) is 0 Å². The van der Waals surface area contributed by atoms with Crippen LogP contribution in [0.3, 0.4) is 0 Å². The van der Waals surface area contributed by atoms with Crippen LogP contribution in [0.25, 0.3) is 0 Å². The Morgan fingerprint density at radius 2 is 1.55 bits per heavy atom. The Kier molecular flexibility index (Phi) is 8.50. The SMILES string of the molecule is CCOC(=O)C(CN1CCCCC1)N1CCCCC1.Cl. The Morgan fingerprint density at radius 1 is 1.00 bits per heavy atom. The summed E-state index contributed by atoms with van der Waals surface area (Å²) in [6.07, 6.45) is 7.62. The zero-order valence-electron chi connectivity index (χ0n) is 12.7. The van der Waals surface area contributed by atoms with Gasteiger partial charge in [0.2, 0.25) is 0 Å². The third-order valence-electron chi connectivity index (χ3n) is 4.27. The third-order valence-corrected chi connectivity index (χ3v) is 4.27. The number of nitrogens with zero attached hydrogens (tertiary/aromatic N) is 2. The molecule has 0 aromatic rings. The van der Waals surface area contributed by atoms with Crippen LogP contribution in [0.5, 0.6) is 0 Å². The summed E-state index contributed by atoms with van der Waals surface area (Å²) in [5, 5.41) is 0. The van der Waals surface area contributed by atoms with Crippen molar-refractivity contribution in [1.82, 2.24) is 9.80 Å². The lowest BCUT2D eigenvalue weighted by Gasteiger charge is -2.37. The Bertz CT molecular complexity index is 277. The topological polar surface area (TPSA) is 32.8 Å². The van der Waals surface area contributed by atoms with E-state index in [0.29, 0.717) is 6.61 Å². The van der Waals surface area contributed by atoms with E-state index >= 15 is 0 Å². The van der Waals surface area contributed by atoms with E-state index in [9.17, 15) is 4.79 Å². The normalized spacial score (nSPS) is 22.9. The van der Waals surface area contributed by atoms with Gasteiger partial charge in [0, 0.05) is 6.54 Å². The van der Waals surface area contributed by atoms with Crippen molar-refractivity contribution in [2.75, 3.05) is 39.3 Å². The summed E-state index contributed by atoms with van der Waals surface area (Å²) < 4.78 is 5.29. The molecular weight excluding hydrogens is 276 g/mol. The lowest BCUT2D eigenvalue weighted by molar-refractivity contribution is -0.151. The molecule has 0 spiro atoms. The van der Waals surface area contributed by atoms with Gasteiger partial charge in [-0.1, -0.05) is 12.8 Å². The molecule has 0 aromatic carbocycles. The zero-order valence-corrected chi connectivity index (χ0v) is 13.5. The molecule has 118 valence electrons. The van der Waals surface area contributed by atoms with Crippen LogP contribution < -0.4 is 0 Å². The minimum atomic E-state index is -0.0432. The van der Waals surface area contributed by atoms with Crippen LogP contribution in [0.15, 0.2) is 0 Å². The van der Waals surface area contributed by atoms with Gasteiger partial charge < -0.3 is 9.64 Å². The highest BCUT2D eigenvalue weighted by molar-refractivity contribution is 5.85. The summed E-state index contributed by atoms with van der Waals surface area (Å²) >= 11 is 0. The average Bonchev–Trinajstić information content (AvgIpc) is 2.47. The van der Waals surface area contributed by atoms with Crippen LogP contribution in [0, 0.1) is 0 Å². The highest BCUT2D eigenvalue weighted by Crippen LogP contribution is 2.16. The summed E-state index contributed by atoms with van der Waals surface area (Å²) in [6.45, 7) is 7.64. The summed E-state index contributed by atoms with van der Waals surface area (Å²) in [5.41, 5.74) is 0. The molecule has 0 amide bonds. The number of carbonyl (C=O) groups is 1. The van der Waals surface area contributed by atoms with Crippen molar-refractivity contribution in [1.29, 1.82) is 0 Å². The molecule has 20 heavy (non-hydrogen) atoms. The van der Waals surface area contributed by atoms with Crippen LogP contribution >= 0.6 is 12.4 Å². The summed E-state index contributed by atoms with van der Waals surface area (Å²) in [5.74, 6) is -0.0185. The molecular formula is C15H29ClN2O2. The van der Waals surface area contributed by atoms with Gasteiger partial charge in [-0.05, 0) is 58.8 Å². The minimum absolute atomic E-state index is 0. The largest absolute Gasteiger partial charge is 0.465 e. The van der Waals surface area contributed by atoms with Crippen molar-refractivity contribution < 1.29 is 9.53 Å². The van der Waals surface area contributed by atoms with Gasteiger partial charge in [-0.25, -0.2) is 0 Å². The molecule has 0 N–H and O–H groups in total. The third kappa shape index (κ3) is 5.23. The van der Waals surface area contributed by atoms with Crippen LogP contribution in [0.4, 0.5) is 0 Å². The summed E-state index contributed by atoms with van der Waals surface area (Å²) in [7, 11) is 0. The van der Waals surface area contributed by atoms with E-state index in [-0.39, 0.29) is 24.4 Å². The van der Waals surface area contributed by atoms with E-state index < -0.39 is 0 Å². The second kappa shape index (κ2) is 9.59. The molecule has 0 radical (unpaired) electrons. The van der Waals surface area contributed by atoms with E-state index in [2.05, 4.69) is 9.80 Å². The number of carbonyl (C=O) groups excluding carboxylic acids is 1. The molecule has 2 aliphatic heterocycles. The second-order valence-electron chi connectivity index (χ2n) is 5.73. The molecule has 2 aliphatic rings. The first-order valence-corrected chi connectivity index (χ1v) is 7.94. The van der Waals surface area contributed by atoms with Crippen molar-refractivity contribution >= 4 is 18.4 Å². The number of rotatable bonds is 5. The van der Waals surface area contributed by atoms with Gasteiger partial charge in [0.05, 0.1) is 6.61 Å². The van der Waals surface area contributed by atoms with Gasteiger partial charge in [0.15, 0.2) is 0 Å². The molecule has 0 saturated carbocycles. The number of likely N-dealkylation sites (tertiary alicyclic amines) is 2. The molecule has 2 saturated heterocycles. The fraction of sp³-hybridized carbons (Fsp3) is 0.933. The maximum atomic E-state index is 12.2. The van der Waals surface area contributed by atoms with Gasteiger partial charge in [0.25, 0.3) is 0 Å². The average molecular weight is 305 g/mol. The Morgan fingerprint density at radius 3 is 2.10 bits per heavy atom. The predicted octanol–water partition coefficient (Wildman–Crippen LogP) is 2.31. The van der Waals surface area contributed by atoms with Crippen molar-refractivity contribution in [2.45, 2.75) is 51.5 Å². The Hall–Kier alpha value is -0.320. The Labute approximate surface area is 129 Å². The lowest BCUT2D eigenvalue weighted by atomic mass is 10.1. The fourth-order valence-corrected chi connectivity index (χ4v) is 3.19. The molecule has 2 rings (SSSR count). The minimum Gasteiger partial charge on any atom is -0.465 e. The lowest BCUT2D eigenvalue weighted by Crippen LogP contribution is -2.51. The molecule has 0 aromatic heterocycles. The van der Waals surface area contributed by atoms with Crippen molar-refractivity contribution in [2.24, 2.45) is 0 Å². The summed E-state index contributed by atoms with van der Waals surface area (Å²) in [6, 6.07) is -0.0432. The summed E-state index contributed by atoms with van der Waals surface area (Å²) in [4.78, 5) is 17.0. The Balaban J connectivity index is 0.00000200. The predicted molar refractivity (Wildman–Crippen MR) is 83.4 cm³/mol. The maximum absolute atomic E-state index is 12.2. The zero-order chi connectivity index (χ0) is 13.5. The first-order chi connectivity index (χ1) is 9.31. The van der Waals surface area contributed by atoms with Crippen molar-refractivity contribution in [3.63, 3.8) is 0 Å². The van der Waals surface area contributed by atoms with E-state index in [4.69, 9.17) is 4.74 Å². The van der Waals surface area contributed by atoms with Crippen molar-refractivity contribution in [3.8, 4) is 0 Å². The molecule has 4 nitrogen and oxygen atoms in total. The monoisotopic (exact) mass is 304 g/mol. The molecule has 2 fully saturated rings. The first kappa shape index (κ1) is 17.7. The van der Waals surface area contributed by atoms with Gasteiger partial charge >= 0.3 is 5.97 Å². The number of hydrogen-bond donors (Lipinski definition) is 0. The molecule has 5 heteroatoms. The molecule has 2 heterocycles. The van der Waals surface area contributed by atoms with Crippen LogP contribution in [-0.4, -0.2) is 61.1 Å². The number of ether oxygens (including phenoxy) is 1. The van der Waals surface area contributed by atoms with Crippen LogP contribution in [-0.2, 0) is 9.53 Å². The number of halogens is 1. The van der Waals surface area contributed by atoms with Gasteiger partial charge in [-0.2, -0.15) is 0 Å². The van der Waals surface area contributed by atoms with Gasteiger partial charge in [-0.3, -0.25) is 9.69 Å². The van der Waals surface area contributed by atoms with E-state index in [0.717, 1.165) is 32.7 Å². The molecule has 1 atom stereocenters. The smallest absolute Gasteiger partial charge is 0.324 e. The highest BCUT2D eigenvalue weighted by Gasteiger charge is 2.30. The molecule has 0 bridgehead atoms. The first-order valence-electron chi connectivity index (χ1n) is 7.94. The van der Waals surface area contributed by atoms with Crippen LogP contribution in [0.2, 0.25) is 0 Å². The van der Waals surface area contributed by atoms with Gasteiger partial charge in [0.1, 0.15) is 6.04 Å².